The molecule has 0 fully saturated rings. The normalized spacial score (nSPS) is 12.3. The molecule has 3 rings (SSSR count). The zero-order valence-corrected chi connectivity index (χ0v) is 15.8. The molecule has 0 saturated heterocycles. The molecular weight excluding hydrogens is 356 g/mol. The number of sulfonamides is 1. The van der Waals surface area contributed by atoms with Gasteiger partial charge < -0.3 is 0 Å². The molecule has 2 aromatic carbocycles. The quantitative estimate of drug-likeness (QED) is 0.702. The standard InChI is InChI=1S/C19H19ClN2O2S/c1-19(2,3)14-7-8-17(16(20)11-14)22-25(23,24)18-6-4-5-13-12-21-10-9-15(13)18/h4-12,22H,1-3H3. The van der Waals surface area contributed by atoms with Gasteiger partial charge in [-0.25, -0.2) is 8.42 Å². The fourth-order valence-electron chi connectivity index (χ4n) is 2.59. The van der Waals surface area contributed by atoms with Crippen molar-refractivity contribution >= 4 is 38.1 Å². The van der Waals surface area contributed by atoms with E-state index in [1.807, 2.05) is 12.1 Å². The molecule has 0 unspecified atom stereocenters. The predicted molar refractivity (Wildman–Crippen MR) is 103 cm³/mol. The summed E-state index contributed by atoms with van der Waals surface area (Å²) >= 11 is 6.31. The van der Waals surface area contributed by atoms with Gasteiger partial charge in [-0.3, -0.25) is 9.71 Å². The van der Waals surface area contributed by atoms with Crippen molar-refractivity contribution < 1.29 is 8.42 Å². The molecule has 1 heterocycles. The molecule has 1 N–H and O–H groups in total. The summed E-state index contributed by atoms with van der Waals surface area (Å²) in [5.41, 5.74) is 1.33. The second kappa shape index (κ2) is 6.32. The van der Waals surface area contributed by atoms with E-state index in [1.54, 1.807) is 42.7 Å². The van der Waals surface area contributed by atoms with Crippen molar-refractivity contribution in [2.45, 2.75) is 31.1 Å². The number of fused-ring (bicyclic) bond motifs is 1. The van der Waals surface area contributed by atoms with Crippen LogP contribution < -0.4 is 4.72 Å². The zero-order chi connectivity index (χ0) is 18.2. The van der Waals surface area contributed by atoms with E-state index in [2.05, 4.69) is 30.5 Å². The Morgan fingerprint density at radius 2 is 1.84 bits per heavy atom. The van der Waals surface area contributed by atoms with Crippen molar-refractivity contribution in [1.82, 2.24) is 4.98 Å². The van der Waals surface area contributed by atoms with Crippen LogP contribution in [0.5, 0.6) is 0 Å². The predicted octanol–water partition coefficient (Wildman–Crippen LogP) is 4.99. The molecule has 0 atom stereocenters. The molecule has 0 aliphatic carbocycles. The van der Waals surface area contributed by atoms with Crippen molar-refractivity contribution in [1.29, 1.82) is 0 Å². The third-order valence-corrected chi connectivity index (χ3v) is 5.75. The molecule has 3 aromatic rings. The molecule has 0 radical (unpaired) electrons. The first-order valence-corrected chi connectivity index (χ1v) is 9.70. The van der Waals surface area contributed by atoms with Crippen LogP contribution in [0.25, 0.3) is 10.8 Å². The highest BCUT2D eigenvalue weighted by Gasteiger charge is 2.20. The molecule has 0 saturated carbocycles. The fourth-order valence-corrected chi connectivity index (χ4v) is 4.19. The van der Waals surface area contributed by atoms with Crippen LogP contribution in [0.4, 0.5) is 5.69 Å². The molecule has 25 heavy (non-hydrogen) atoms. The minimum atomic E-state index is -3.77. The minimum Gasteiger partial charge on any atom is -0.278 e. The van der Waals surface area contributed by atoms with Gasteiger partial charge in [0.1, 0.15) is 0 Å². The van der Waals surface area contributed by atoms with E-state index in [1.165, 1.54) is 0 Å². The van der Waals surface area contributed by atoms with Crippen molar-refractivity contribution in [2.75, 3.05) is 4.72 Å². The molecule has 130 valence electrons. The minimum absolute atomic E-state index is 0.0658. The Morgan fingerprint density at radius 3 is 2.52 bits per heavy atom. The van der Waals surface area contributed by atoms with Crippen molar-refractivity contribution in [3.05, 3.63) is 65.4 Å². The third kappa shape index (κ3) is 3.62. The Hall–Kier alpha value is -2.11. The first-order chi connectivity index (χ1) is 11.7. The highest BCUT2D eigenvalue weighted by Crippen LogP contribution is 2.32. The van der Waals surface area contributed by atoms with Gasteiger partial charge in [0.05, 0.1) is 15.6 Å². The summed E-state index contributed by atoms with van der Waals surface area (Å²) in [4.78, 5) is 4.23. The first-order valence-electron chi connectivity index (χ1n) is 7.84. The Bertz CT molecular complexity index is 1040. The second-order valence-electron chi connectivity index (χ2n) is 6.90. The van der Waals surface area contributed by atoms with Crippen LogP contribution >= 0.6 is 11.6 Å². The van der Waals surface area contributed by atoms with Gasteiger partial charge in [0, 0.05) is 23.2 Å². The largest absolute Gasteiger partial charge is 0.278 e. The average molecular weight is 375 g/mol. The number of halogens is 1. The second-order valence-corrected chi connectivity index (χ2v) is 8.96. The SMILES string of the molecule is CC(C)(C)c1ccc(NS(=O)(=O)c2cccc3cnccc23)c(Cl)c1. The number of nitrogens with one attached hydrogen (secondary N) is 1. The van der Waals surface area contributed by atoms with E-state index >= 15 is 0 Å². The lowest BCUT2D eigenvalue weighted by atomic mass is 9.87. The summed E-state index contributed by atoms with van der Waals surface area (Å²) in [5, 5.41) is 1.75. The Labute approximate surface area is 152 Å². The van der Waals surface area contributed by atoms with E-state index in [-0.39, 0.29) is 10.3 Å². The van der Waals surface area contributed by atoms with Crippen LogP contribution in [0.1, 0.15) is 26.3 Å². The lowest BCUT2D eigenvalue weighted by Gasteiger charge is -2.20. The van der Waals surface area contributed by atoms with Crippen LogP contribution in [0.15, 0.2) is 59.8 Å². The van der Waals surface area contributed by atoms with Gasteiger partial charge in [-0.2, -0.15) is 0 Å². The average Bonchev–Trinajstić information content (AvgIpc) is 2.55. The molecule has 0 aliphatic rings. The molecular formula is C19H19ClN2O2S. The molecule has 6 heteroatoms. The number of aromatic nitrogens is 1. The summed E-state index contributed by atoms with van der Waals surface area (Å²) in [6.07, 6.45) is 3.21. The number of rotatable bonds is 3. The number of hydrogen-bond donors (Lipinski definition) is 1. The molecule has 0 aliphatic heterocycles. The van der Waals surface area contributed by atoms with E-state index in [9.17, 15) is 8.42 Å². The van der Waals surface area contributed by atoms with Gasteiger partial charge in [0.15, 0.2) is 0 Å². The molecule has 0 spiro atoms. The summed E-state index contributed by atoms with van der Waals surface area (Å²) in [6.45, 7) is 6.23. The van der Waals surface area contributed by atoms with E-state index < -0.39 is 10.0 Å². The maximum atomic E-state index is 12.9. The lowest BCUT2D eigenvalue weighted by Crippen LogP contribution is -2.15. The van der Waals surface area contributed by atoms with Gasteiger partial charge in [-0.1, -0.05) is 50.6 Å². The lowest BCUT2D eigenvalue weighted by molar-refractivity contribution is 0.590. The zero-order valence-electron chi connectivity index (χ0n) is 14.2. The van der Waals surface area contributed by atoms with Crippen molar-refractivity contribution in [2.24, 2.45) is 0 Å². The smallest absolute Gasteiger partial charge is 0.262 e. The van der Waals surface area contributed by atoms with Crippen LogP contribution in [-0.4, -0.2) is 13.4 Å². The number of pyridine rings is 1. The van der Waals surface area contributed by atoms with E-state index in [0.29, 0.717) is 16.1 Å². The molecule has 0 bridgehead atoms. The molecule has 4 nitrogen and oxygen atoms in total. The summed E-state index contributed by atoms with van der Waals surface area (Å²) in [5.74, 6) is 0. The Kier molecular flexibility index (Phi) is 4.47. The van der Waals surface area contributed by atoms with Gasteiger partial charge in [0.2, 0.25) is 0 Å². The monoisotopic (exact) mass is 374 g/mol. The van der Waals surface area contributed by atoms with Gasteiger partial charge in [-0.05, 0) is 35.2 Å². The van der Waals surface area contributed by atoms with Crippen LogP contribution in [0.3, 0.4) is 0 Å². The van der Waals surface area contributed by atoms with Gasteiger partial charge in [-0.15, -0.1) is 0 Å². The van der Waals surface area contributed by atoms with Crippen LogP contribution in [0.2, 0.25) is 5.02 Å². The third-order valence-electron chi connectivity index (χ3n) is 4.01. The highest BCUT2D eigenvalue weighted by molar-refractivity contribution is 7.93. The maximum absolute atomic E-state index is 12.9. The highest BCUT2D eigenvalue weighted by atomic mass is 35.5. The topological polar surface area (TPSA) is 59.1 Å². The number of anilines is 1. The van der Waals surface area contributed by atoms with E-state index in [0.717, 1.165) is 10.9 Å². The van der Waals surface area contributed by atoms with Crippen LogP contribution in [-0.2, 0) is 15.4 Å². The Balaban J connectivity index is 2.02. The van der Waals surface area contributed by atoms with Gasteiger partial charge >= 0.3 is 0 Å². The van der Waals surface area contributed by atoms with Crippen molar-refractivity contribution in [3.63, 3.8) is 0 Å². The molecule has 1 aromatic heterocycles. The van der Waals surface area contributed by atoms with E-state index in [4.69, 9.17) is 11.6 Å². The number of benzene rings is 2. The Morgan fingerprint density at radius 1 is 1.08 bits per heavy atom. The summed E-state index contributed by atoms with van der Waals surface area (Å²) < 4.78 is 28.3. The number of hydrogen-bond acceptors (Lipinski definition) is 3. The number of nitrogens with zero attached hydrogens (tertiary/aromatic N) is 1. The summed E-state index contributed by atoms with van der Waals surface area (Å²) in [6, 6.07) is 12.2. The van der Waals surface area contributed by atoms with Gasteiger partial charge in [0.25, 0.3) is 10.0 Å². The molecule has 0 amide bonds. The maximum Gasteiger partial charge on any atom is 0.262 e. The van der Waals surface area contributed by atoms with Crippen LogP contribution in [0, 0.1) is 0 Å². The first kappa shape index (κ1) is 17.7. The van der Waals surface area contributed by atoms with Crippen molar-refractivity contribution in [3.8, 4) is 0 Å². The fraction of sp³-hybridized carbons (Fsp3) is 0.211. The summed E-state index contributed by atoms with van der Waals surface area (Å²) in [7, 11) is -3.77.